The van der Waals surface area contributed by atoms with Gasteiger partial charge in [-0.05, 0) is 44.5 Å². The van der Waals surface area contributed by atoms with Crippen molar-refractivity contribution < 1.29 is 9.53 Å². The highest BCUT2D eigenvalue weighted by atomic mass is 79.9. The van der Waals surface area contributed by atoms with Crippen LogP contribution >= 0.6 is 15.9 Å². The fourth-order valence-electron chi connectivity index (χ4n) is 1.97. The van der Waals surface area contributed by atoms with Gasteiger partial charge < -0.3 is 10.1 Å². The number of alkyl halides is 1. The second-order valence-electron chi connectivity index (χ2n) is 5.64. The first-order valence-electron chi connectivity index (χ1n) is 7.44. The number of halogens is 1. The number of ether oxygens (including phenoxy) is 1. The number of pyridine rings is 1. The minimum absolute atomic E-state index is 0.0997. The van der Waals surface area contributed by atoms with Crippen LogP contribution in [0.1, 0.15) is 33.6 Å². The minimum atomic E-state index is -0.627. The molecular formula is C17H21BrN2O2. The zero-order valence-electron chi connectivity index (χ0n) is 13.1. The van der Waals surface area contributed by atoms with Gasteiger partial charge in [-0.3, -0.25) is 9.78 Å². The number of carbonyl (C=O) groups is 1. The zero-order chi connectivity index (χ0) is 16.2. The molecule has 0 bridgehead atoms. The number of benzene rings is 1. The van der Waals surface area contributed by atoms with Gasteiger partial charge in [0.05, 0.1) is 16.6 Å². The van der Waals surface area contributed by atoms with Crippen molar-refractivity contribution in [2.24, 2.45) is 0 Å². The Labute approximate surface area is 139 Å². The number of nitrogens with one attached hydrogen (secondary N) is 1. The lowest BCUT2D eigenvalue weighted by atomic mass is 10.1. The van der Waals surface area contributed by atoms with E-state index in [9.17, 15) is 4.79 Å². The standard InChI is InChI=1S/C17H21BrN2O2/c1-4-5-11-22-14-9-8-13(20-16(21)17(2,3)18)12-7-6-10-19-15(12)14/h6-10H,4-5,11H2,1-3H3,(H,20,21). The Kier molecular flexibility index (Phi) is 5.40. The van der Waals surface area contributed by atoms with E-state index in [0.717, 1.165) is 35.2 Å². The summed E-state index contributed by atoms with van der Waals surface area (Å²) in [6, 6.07) is 7.52. The number of hydrogen-bond acceptors (Lipinski definition) is 3. The van der Waals surface area contributed by atoms with Crippen LogP contribution in [0.2, 0.25) is 0 Å². The van der Waals surface area contributed by atoms with Gasteiger partial charge in [0.1, 0.15) is 11.3 Å². The maximum atomic E-state index is 12.2. The summed E-state index contributed by atoms with van der Waals surface area (Å²) in [6.07, 6.45) is 3.82. The quantitative estimate of drug-likeness (QED) is 0.605. The van der Waals surface area contributed by atoms with Crippen molar-refractivity contribution in [1.29, 1.82) is 0 Å². The highest BCUT2D eigenvalue weighted by Crippen LogP contribution is 2.31. The topological polar surface area (TPSA) is 51.2 Å². The van der Waals surface area contributed by atoms with Crippen molar-refractivity contribution in [2.45, 2.75) is 37.9 Å². The van der Waals surface area contributed by atoms with Crippen molar-refractivity contribution in [1.82, 2.24) is 4.98 Å². The molecule has 1 aromatic carbocycles. The fraction of sp³-hybridized carbons (Fsp3) is 0.412. The molecule has 0 fully saturated rings. The number of rotatable bonds is 6. The van der Waals surface area contributed by atoms with Gasteiger partial charge in [-0.15, -0.1) is 0 Å². The molecule has 5 heteroatoms. The van der Waals surface area contributed by atoms with Crippen molar-refractivity contribution in [3.8, 4) is 5.75 Å². The first-order chi connectivity index (χ1) is 10.4. The van der Waals surface area contributed by atoms with Gasteiger partial charge in [0.2, 0.25) is 5.91 Å². The fourth-order valence-corrected chi connectivity index (χ4v) is 2.07. The second kappa shape index (κ2) is 7.09. The molecule has 1 heterocycles. The van der Waals surface area contributed by atoms with E-state index in [1.807, 2.05) is 38.1 Å². The number of carbonyl (C=O) groups excluding carboxylic acids is 1. The van der Waals surface area contributed by atoms with Crippen LogP contribution in [0, 0.1) is 0 Å². The average molecular weight is 365 g/mol. The molecule has 0 spiro atoms. The van der Waals surface area contributed by atoms with Crippen LogP contribution in [0.3, 0.4) is 0 Å². The number of unbranched alkanes of at least 4 members (excludes halogenated alkanes) is 1. The van der Waals surface area contributed by atoms with Gasteiger partial charge in [-0.1, -0.05) is 29.3 Å². The highest BCUT2D eigenvalue weighted by Gasteiger charge is 2.24. The second-order valence-corrected chi connectivity index (χ2v) is 7.62. The maximum absolute atomic E-state index is 12.2. The van der Waals surface area contributed by atoms with Gasteiger partial charge >= 0.3 is 0 Å². The van der Waals surface area contributed by atoms with Crippen LogP contribution < -0.4 is 10.1 Å². The Morgan fingerprint density at radius 1 is 1.36 bits per heavy atom. The van der Waals surface area contributed by atoms with Crippen LogP contribution in [0.4, 0.5) is 5.69 Å². The smallest absolute Gasteiger partial charge is 0.240 e. The molecule has 0 radical (unpaired) electrons. The number of aromatic nitrogens is 1. The summed E-state index contributed by atoms with van der Waals surface area (Å²) in [5.74, 6) is 0.650. The molecule has 22 heavy (non-hydrogen) atoms. The molecule has 1 aromatic heterocycles. The van der Waals surface area contributed by atoms with Crippen LogP contribution in [-0.2, 0) is 4.79 Å². The highest BCUT2D eigenvalue weighted by molar-refractivity contribution is 9.10. The molecule has 1 amide bonds. The number of nitrogens with zero attached hydrogens (tertiary/aromatic N) is 1. The van der Waals surface area contributed by atoms with Crippen molar-refractivity contribution >= 4 is 38.4 Å². The number of fused-ring (bicyclic) bond motifs is 1. The molecule has 0 unspecified atom stereocenters. The Balaban J connectivity index is 2.34. The minimum Gasteiger partial charge on any atom is -0.491 e. The number of amides is 1. The molecule has 1 N–H and O–H groups in total. The summed E-state index contributed by atoms with van der Waals surface area (Å²) in [5.41, 5.74) is 1.51. The van der Waals surface area contributed by atoms with E-state index in [0.29, 0.717) is 6.61 Å². The Morgan fingerprint density at radius 2 is 2.14 bits per heavy atom. The molecular weight excluding hydrogens is 344 g/mol. The molecule has 0 saturated carbocycles. The van der Waals surface area contributed by atoms with Gasteiger partial charge in [0.15, 0.2) is 0 Å². The van der Waals surface area contributed by atoms with Gasteiger partial charge in [-0.2, -0.15) is 0 Å². The van der Waals surface area contributed by atoms with E-state index >= 15 is 0 Å². The summed E-state index contributed by atoms with van der Waals surface area (Å²) in [6.45, 7) is 6.42. The monoisotopic (exact) mass is 364 g/mol. The van der Waals surface area contributed by atoms with Crippen molar-refractivity contribution in [2.75, 3.05) is 11.9 Å². The number of anilines is 1. The molecule has 4 nitrogen and oxygen atoms in total. The first-order valence-corrected chi connectivity index (χ1v) is 8.23. The van der Waals surface area contributed by atoms with Crippen LogP contribution in [0.15, 0.2) is 30.5 Å². The van der Waals surface area contributed by atoms with E-state index in [1.165, 1.54) is 0 Å². The van der Waals surface area contributed by atoms with E-state index in [2.05, 4.69) is 33.2 Å². The van der Waals surface area contributed by atoms with E-state index in [-0.39, 0.29) is 5.91 Å². The van der Waals surface area contributed by atoms with Crippen molar-refractivity contribution in [3.63, 3.8) is 0 Å². The largest absolute Gasteiger partial charge is 0.491 e. The summed E-state index contributed by atoms with van der Waals surface area (Å²) < 4.78 is 5.18. The SMILES string of the molecule is CCCCOc1ccc(NC(=O)C(C)(C)Br)c2cccnc12. The molecule has 0 saturated heterocycles. The van der Waals surface area contributed by atoms with E-state index in [1.54, 1.807) is 6.20 Å². The predicted octanol–water partition coefficient (Wildman–Crippen LogP) is 4.53. The van der Waals surface area contributed by atoms with Gasteiger partial charge in [0.25, 0.3) is 0 Å². The summed E-state index contributed by atoms with van der Waals surface area (Å²) in [4.78, 5) is 16.6. The Hall–Kier alpha value is -1.62. The lowest BCUT2D eigenvalue weighted by Gasteiger charge is -2.17. The molecule has 0 aliphatic carbocycles. The molecule has 0 atom stereocenters. The normalized spacial score (nSPS) is 11.5. The van der Waals surface area contributed by atoms with E-state index in [4.69, 9.17) is 4.74 Å². The third-order valence-corrected chi connectivity index (χ3v) is 3.64. The lowest BCUT2D eigenvalue weighted by Crippen LogP contribution is -2.31. The molecule has 0 aliphatic rings. The van der Waals surface area contributed by atoms with Crippen molar-refractivity contribution in [3.05, 3.63) is 30.5 Å². The third-order valence-electron chi connectivity index (χ3n) is 3.28. The predicted molar refractivity (Wildman–Crippen MR) is 93.8 cm³/mol. The van der Waals surface area contributed by atoms with Gasteiger partial charge in [-0.25, -0.2) is 0 Å². The number of hydrogen-bond donors (Lipinski definition) is 1. The molecule has 0 aliphatic heterocycles. The third kappa shape index (κ3) is 3.97. The molecule has 2 aromatic rings. The summed E-state index contributed by atoms with van der Waals surface area (Å²) in [7, 11) is 0. The summed E-state index contributed by atoms with van der Waals surface area (Å²) in [5, 5.41) is 3.81. The first kappa shape index (κ1) is 16.7. The molecule has 2 rings (SSSR count). The Bertz CT molecular complexity index is 665. The van der Waals surface area contributed by atoms with Crippen LogP contribution in [0.5, 0.6) is 5.75 Å². The van der Waals surface area contributed by atoms with Crippen LogP contribution in [0.25, 0.3) is 10.9 Å². The average Bonchev–Trinajstić information content (AvgIpc) is 2.48. The summed E-state index contributed by atoms with van der Waals surface area (Å²) >= 11 is 3.37. The Morgan fingerprint density at radius 3 is 2.82 bits per heavy atom. The zero-order valence-corrected chi connectivity index (χ0v) is 14.7. The lowest BCUT2D eigenvalue weighted by molar-refractivity contribution is -0.117. The van der Waals surface area contributed by atoms with Gasteiger partial charge in [0, 0.05) is 11.6 Å². The maximum Gasteiger partial charge on any atom is 0.240 e. The molecule has 118 valence electrons. The van der Waals surface area contributed by atoms with Crippen LogP contribution in [-0.4, -0.2) is 21.8 Å². The van der Waals surface area contributed by atoms with E-state index < -0.39 is 4.32 Å².